The van der Waals surface area contributed by atoms with Crippen LogP contribution in [0.1, 0.15) is 47.3 Å². The van der Waals surface area contributed by atoms with Crippen LogP contribution in [0.2, 0.25) is 0 Å². The molecule has 3 heterocycles. The molecule has 1 spiro atoms. The first-order chi connectivity index (χ1) is 16.7. The predicted molar refractivity (Wildman–Crippen MR) is 116 cm³/mol. The highest BCUT2D eigenvalue weighted by Gasteiger charge is 2.53. The summed E-state index contributed by atoms with van der Waals surface area (Å²) in [6.07, 6.45) is 1.85. The maximum atomic E-state index is 15.0. The van der Waals surface area contributed by atoms with Crippen LogP contribution in [0.5, 0.6) is 0 Å². The fourth-order valence-electron chi connectivity index (χ4n) is 4.82. The Morgan fingerprint density at radius 1 is 1.06 bits per heavy atom. The molecule has 10 heteroatoms. The second kappa shape index (κ2) is 8.66. The fourth-order valence-corrected chi connectivity index (χ4v) is 4.82. The molecule has 1 atom stereocenters. The van der Waals surface area contributed by atoms with Gasteiger partial charge >= 0.3 is 6.18 Å². The van der Waals surface area contributed by atoms with E-state index in [1.165, 1.54) is 24.5 Å². The Labute approximate surface area is 198 Å². The summed E-state index contributed by atoms with van der Waals surface area (Å²) >= 11 is 0. The van der Waals surface area contributed by atoms with E-state index >= 15 is 0 Å². The molecule has 5 nitrogen and oxygen atoms in total. The molecular weight excluding hydrogens is 467 g/mol. The average Bonchev–Trinajstić information content (AvgIpc) is 3.48. The molecule has 1 aromatic carbocycles. The number of alkyl halides is 3. The average molecular weight is 488 g/mol. The van der Waals surface area contributed by atoms with Crippen molar-refractivity contribution in [1.29, 1.82) is 0 Å². The van der Waals surface area contributed by atoms with E-state index in [9.17, 15) is 26.7 Å². The van der Waals surface area contributed by atoms with Crippen molar-refractivity contribution in [2.24, 2.45) is 5.41 Å². The number of nitrogens with zero attached hydrogens (tertiary/aromatic N) is 4. The number of aryl methyl sites for hydroxylation is 1. The first kappa shape index (κ1) is 23.3. The predicted octanol–water partition coefficient (Wildman–Crippen LogP) is 5.46. The van der Waals surface area contributed by atoms with E-state index in [2.05, 4.69) is 15.0 Å². The summed E-state index contributed by atoms with van der Waals surface area (Å²) in [5, 5.41) is 0. The van der Waals surface area contributed by atoms with Gasteiger partial charge in [-0.05, 0) is 55.7 Å². The second-order valence-corrected chi connectivity index (χ2v) is 9.21. The van der Waals surface area contributed by atoms with Crippen LogP contribution in [-0.2, 0) is 12.6 Å². The van der Waals surface area contributed by atoms with E-state index in [0.29, 0.717) is 31.6 Å². The minimum absolute atomic E-state index is 0.0406. The Morgan fingerprint density at radius 2 is 1.80 bits per heavy atom. The normalized spacial score (nSPS) is 18.8. The van der Waals surface area contributed by atoms with Crippen molar-refractivity contribution < 1.29 is 26.7 Å². The van der Waals surface area contributed by atoms with Crippen LogP contribution < -0.4 is 0 Å². The Bertz CT molecular complexity index is 1260. The smallest absolute Gasteiger partial charge is 0.335 e. The van der Waals surface area contributed by atoms with Crippen molar-refractivity contribution in [3.8, 4) is 11.4 Å². The van der Waals surface area contributed by atoms with Gasteiger partial charge in [0.2, 0.25) is 0 Å². The van der Waals surface area contributed by atoms with Crippen LogP contribution in [0.25, 0.3) is 11.4 Å². The molecule has 0 N–H and O–H groups in total. The molecule has 182 valence electrons. The molecule has 2 fully saturated rings. The van der Waals surface area contributed by atoms with Crippen molar-refractivity contribution in [2.45, 2.75) is 44.3 Å². The maximum Gasteiger partial charge on any atom is 0.417 e. The van der Waals surface area contributed by atoms with Crippen LogP contribution in [0, 0.1) is 17.0 Å². The van der Waals surface area contributed by atoms with Crippen LogP contribution in [0.4, 0.5) is 22.0 Å². The van der Waals surface area contributed by atoms with Gasteiger partial charge in [0.15, 0.2) is 5.82 Å². The van der Waals surface area contributed by atoms with Crippen molar-refractivity contribution in [3.05, 3.63) is 77.4 Å². The van der Waals surface area contributed by atoms with Crippen molar-refractivity contribution in [2.75, 3.05) is 6.54 Å². The third kappa shape index (κ3) is 4.61. The SMILES string of the molecule is O=C(c1c(F)cccc1-c1ncccn1)N1CC2(CC2)C[C@H]1CCc1ncc(C(F)(F)F)cc1F. The number of carbonyl (C=O) groups excluding carboxylic acids is 1. The molecular formula is C25H21F5N4O. The summed E-state index contributed by atoms with van der Waals surface area (Å²) in [7, 11) is 0. The van der Waals surface area contributed by atoms with Gasteiger partial charge in [-0.1, -0.05) is 12.1 Å². The van der Waals surface area contributed by atoms with Gasteiger partial charge in [0.25, 0.3) is 5.91 Å². The molecule has 1 aliphatic carbocycles. The number of benzene rings is 1. The highest BCUT2D eigenvalue weighted by Crippen LogP contribution is 2.55. The molecule has 3 aromatic rings. The van der Waals surface area contributed by atoms with Gasteiger partial charge in [0, 0.05) is 36.7 Å². The molecule has 2 aliphatic rings. The number of likely N-dealkylation sites (tertiary alicyclic amines) is 1. The number of pyridine rings is 1. The number of amides is 1. The quantitative estimate of drug-likeness (QED) is 0.448. The van der Waals surface area contributed by atoms with Gasteiger partial charge in [0.05, 0.1) is 16.8 Å². The highest BCUT2D eigenvalue weighted by molar-refractivity contribution is 6.00. The van der Waals surface area contributed by atoms with Crippen LogP contribution in [0.15, 0.2) is 48.9 Å². The van der Waals surface area contributed by atoms with E-state index < -0.39 is 29.3 Å². The zero-order chi connectivity index (χ0) is 24.8. The summed E-state index contributed by atoms with van der Waals surface area (Å²) in [4.78, 5) is 27.2. The lowest BCUT2D eigenvalue weighted by molar-refractivity contribution is -0.138. The summed E-state index contributed by atoms with van der Waals surface area (Å²) in [6.45, 7) is 0.447. The van der Waals surface area contributed by atoms with Crippen molar-refractivity contribution in [3.63, 3.8) is 0 Å². The number of rotatable bonds is 5. The van der Waals surface area contributed by atoms with Crippen LogP contribution in [-0.4, -0.2) is 38.3 Å². The molecule has 0 bridgehead atoms. The number of halogens is 5. The largest absolute Gasteiger partial charge is 0.417 e. The first-order valence-electron chi connectivity index (χ1n) is 11.3. The molecule has 0 radical (unpaired) electrons. The zero-order valence-electron chi connectivity index (χ0n) is 18.5. The molecule has 1 saturated carbocycles. The molecule has 1 saturated heterocycles. The Balaban J connectivity index is 1.40. The molecule has 1 aliphatic heterocycles. The lowest BCUT2D eigenvalue weighted by Gasteiger charge is -2.26. The minimum atomic E-state index is -4.68. The number of hydrogen-bond donors (Lipinski definition) is 0. The Hall–Kier alpha value is -3.43. The van der Waals surface area contributed by atoms with Crippen molar-refractivity contribution >= 4 is 5.91 Å². The van der Waals surface area contributed by atoms with Crippen molar-refractivity contribution in [1.82, 2.24) is 19.9 Å². The zero-order valence-corrected chi connectivity index (χ0v) is 18.5. The van der Waals surface area contributed by atoms with Gasteiger partial charge in [-0.3, -0.25) is 9.78 Å². The van der Waals surface area contributed by atoms with Gasteiger partial charge in [-0.15, -0.1) is 0 Å². The topological polar surface area (TPSA) is 59.0 Å². The minimum Gasteiger partial charge on any atom is -0.335 e. The van der Waals surface area contributed by atoms with E-state index in [-0.39, 0.29) is 40.5 Å². The molecule has 1 amide bonds. The molecule has 35 heavy (non-hydrogen) atoms. The summed E-state index contributed by atoms with van der Waals surface area (Å²) < 4.78 is 67.8. The molecule has 0 unspecified atom stereocenters. The standard InChI is InChI=1S/C25H21F5N4O/c26-18-4-1-3-17(22-31-9-2-10-32-22)21(18)23(35)34-14-24(7-8-24)12-16(34)5-6-20-19(27)11-15(13-33-20)25(28,29)30/h1-4,9-11,13,16H,5-8,12,14H2/t16-/m1/s1. The van der Waals surface area contributed by atoms with Crippen LogP contribution >= 0.6 is 0 Å². The summed E-state index contributed by atoms with van der Waals surface area (Å²) in [6, 6.07) is 6.02. The third-order valence-electron chi connectivity index (χ3n) is 6.83. The third-order valence-corrected chi connectivity index (χ3v) is 6.83. The highest BCUT2D eigenvalue weighted by atomic mass is 19.4. The number of hydrogen-bond acceptors (Lipinski definition) is 4. The summed E-state index contributed by atoms with van der Waals surface area (Å²) in [5.74, 6) is -2.00. The van der Waals surface area contributed by atoms with Gasteiger partial charge < -0.3 is 4.90 Å². The van der Waals surface area contributed by atoms with Gasteiger partial charge in [-0.2, -0.15) is 13.2 Å². The van der Waals surface area contributed by atoms with E-state index in [0.717, 1.165) is 12.8 Å². The van der Waals surface area contributed by atoms with Crippen LogP contribution in [0.3, 0.4) is 0 Å². The van der Waals surface area contributed by atoms with Gasteiger partial charge in [-0.25, -0.2) is 18.7 Å². The molecule has 2 aromatic heterocycles. The maximum absolute atomic E-state index is 15.0. The molecule has 5 rings (SSSR count). The monoisotopic (exact) mass is 488 g/mol. The number of aromatic nitrogens is 3. The van der Waals surface area contributed by atoms with Gasteiger partial charge in [0.1, 0.15) is 11.6 Å². The number of carbonyl (C=O) groups is 1. The Kier molecular flexibility index (Phi) is 5.77. The van der Waals surface area contributed by atoms with E-state index in [1.54, 1.807) is 17.0 Å². The lowest BCUT2D eigenvalue weighted by Crippen LogP contribution is -2.37. The Morgan fingerprint density at radius 3 is 2.46 bits per heavy atom. The second-order valence-electron chi connectivity index (χ2n) is 9.21. The van der Waals surface area contributed by atoms with E-state index in [1.807, 2.05) is 0 Å². The fraction of sp³-hybridized carbons (Fsp3) is 0.360. The van der Waals surface area contributed by atoms with E-state index in [4.69, 9.17) is 0 Å². The lowest BCUT2D eigenvalue weighted by atomic mass is 9.99. The summed E-state index contributed by atoms with van der Waals surface area (Å²) in [5.41, 5.74) is -1.13. The first-order valence-corrected chi connectivity index (χ1v) is 11.3.